The Morgan fingerprint density at radius 1 is 1.29 bits per heavy atom. The molecule has 3 heterocycles. The predicted octanol–water partition coefficient (Wildman–Crippen LogP) is 1.29. The number of nitrogens with zero attached hydrogens (tertiary/aromatic N) is 4. The molecule has 2 aliphatic rings. The molecule has 0 atom stereocenters. The van der Waals surface area contributed by atoms with E-state index in [1.165, 1.54) is 5.38 Å². The molecular formula is C19H20N6O5S. The van der Waals surface area contributed by atoms with E-state index in [-0.39, 0.29) is 5.69 Å². The maximum atomic E-state index is 12.7. The van der Waals surface area contributed by atoms with Gasteiger partial charge in [-0.25, -0.2) is 24.5 Å². The summed E-state index contributed by atoms with van der Waals surface area (Å²) in [6.07, 6.45) is 5.79. The Morgan fingerprint density at radius 3 is 2.71 bits per heavy atom. The summed E-state index contributed by atoms with van der Waals surface area (Å²) in [6, 6.07) is 0.971. The van der Waals surface area contributed by atoms with Crippen molar-refractivity contribution in [3.8, 4) is 10.8 Å². The van der Waals surface area contributed by atoms with Crippen molar-refractivity contribution in [2.75, 3.05) is 6.61 Å². The predicted molar refractivity (Wildman–Crippen MR) is 107 cm³/mol. The molecule has 11 nitrogen and oxygen atoms in total. The maximum Gasteiger partial charge on any atom is 0.358 e. The minimum atomic E-state index is -0.968. The van der Waals surface area contributed by atoms with E-state index in [1.807, 2.05) is 0 Å². The van der Waals surface area contributed by atoms with Crippen LogP contribution in [0.1, 0.15) is 43.1 Å². The molecule has 1 spiro atoms. The maximum absolute atomic E-state index is 12.7. The molecular weight excluding hydrogens is 424 g/mol. The number of amides is 4. The second-order valence-corrected chi connectivity index (χ2v) is 8.41. The second kappa shape index (κ2) is 8.38. The number of hydrogen-bond acceptors (Lipinski definition) is 9. The molecule has 4 rings (SSSR count). The smallest absolute Gasteiger partial charge is 0.358 e. The molecule has 2 N–H and O–H groups in total. The van der Waals surface area contributed by atoms with Gasteiger partial charge in [-0.3, -0.25) is 15.0 Å². The lowest BCUT2D eigenvalue weighted by molar-refractivity contribution is -0.141. The second-order valence-electron chi connectivity index (χ2n) is 7.56. The Morgan fingerprint density at radius 2 is 2.00 bits per heavy atom. The molecule has 0 unspecified atom stereocenters. The van der Waals surface area contributed by atoms with Gasteiger partial charge in [-0.2, -0.15) is 5.01 Å². The highest BCUT2D eigenvalue weighted by Gasteiger charge is 2.52. The molecule has 1 aliphatic heterocycles. The van der Waals surface area contributed by atoms with Gasteiger partial charge in [0.25, 0.3) is 11.8 Å². The van der Waals surface area contributed by atoms with Crippen LogP contribution in [0.2, 0.25) is 0 Å². The van der Waals surface area contributed by atoms with Crippen LogP contribution in [-0.2, 0) is 14.3 Å². The summed E-state index contributed by atoms with van der Waals surface area (Å²) in [5, 5.41) is 5.27. The van der Waals surface area contributed by atoms with Crippen molar-refractivity contribution < 1.29 is 23.9 Å². The summed E-state index contributed by atoms with van der Waals surface area (Å²) in [4.78, 5) is 61.5. The highest BCUT2D eigenvalue weighted by Crippen LogP contribution is 2.35. The first kappa shape index (κ1) is 20.8. The van der Waals surface area contributed by atoms with Crippen LogP contribution in [0.25, 0.3) is 10.8 Å². The van der Waals surface area contributed by atoms with Crippen molar-refractivity contribution in [3.63, 3.8) is 0 Å². The SMILES string of the molecule is CC1CCC2(CC1)NC(=O)N(NC(=O)COC(=O)c1csc(-c3ncccn3)n1)C2=O. The first-order valence-electron chi connectivity index (χ1n) is 9.74. The van der Waals surface area contributed by atoms with E-state index >= 15 is 0 Å². The zero-order valence-electron chi connectivity index (χ0n) is 16.7. The number of nitrogens with one attached hydrogen (secondary N) is 2. The van der Waals surface area contributed by atoms with E-state index in [9.17, 15) is 19.2 Å². The van der Waals surface area contributed by atoms with Gasteiger partial charge in [-0.05, 0) is 37.7 Å². The van der Waals surface area contributed by atoms with Gasteiger partial charge in [-0.1, -0.05) is 6.92 Å². The zero-order chi connectivity index (χ0) is 22.0. The van der Waals surface area contributed by atoms with Gasteiger partial charge in [-0.15, -0.1) is 11.3 Å². The van der Waals surface area contributed by atoms with Crippen molar-refractivity contribution in [1.29, 1.82) is 0 Å². The largest absolute Gasteiger partial charge is 0.451 e. The van der Waals surface area contributed by atoms with Crippen LogP contribution in [-0.4, -0.2) is 55.9 Å². The summed E-state index contributed by atoms with van der Waals surface area (Å²) >= 11 is 1.16. The number of carbonyl (C=O) groups excluding carboxylic acids is 4. The molecule has 2 fully saturated rings. The lowest BCUT2D eigenvalue weighted by atomic mass is 9.77. The highest BCUT2D eigenvalue weighted by atomic mass is 32.1. The minimum absolute atomic E-state index is 0.00511. The summed E-state index contributed by atoms with van der Waals surface area (Å²) in [5.41, 5.74) is 1.25. The molecule has 1 saturated heterocycles. The molecule has 12 heteroatoms. The fraction of sp³-hybridized carbons (Fsp3) is 0.421. The van der Waals surface area contributed by atoms with E-state index in [0.717, 1.165) is 24.2 Å². The lowest BCUT2D eigenvalue weighted by Gasteiger charge is -2.33. The monoisotopic (exact) mass is 444 g/mol. The summed E-state index contributed by atoms with van der Waals surface area (Å²) in [5.74, 6) is -1.26. The molecule has 1 aliphatic carbocycles. The molecule has 1 saturated carbocycles. The number of rotatable bonds is 5. The molecule has 162 valence electrons. The van der Waals surface area contributed by atoms with Crippen molar-refractivity contribution in [2.45, 2.75) is 38.1 Å². The number of thiazole rings is 1. The number of urea groups is 1. The Labute approximate surface area is 181 Å². The van der Waals surface area contributed by atoms with Crippen LogP contribution >= 0.6 is 11.3 Å². The average molecular weight is 444 g/mol. The third kappa shape index (κ3) is 4.24. The summed E-state index contributed by atoms with van der Waals surface area (Å²) in [6.45, 7) is 1.43. The van der Waals surface area contributed by atoms with Gasteiger partial charge in [0, 0.05) is 17.8 Å². The Kier molecular flexibility index (Phi) is 5.63. The number of esters is 1. The van der Waals surface area contributed by atoms with Crippen molar-refractivity contribution in [1.82, 2.24) is 30.7 Å². The number of imide groups is 1. The Hall–Kier alpha value is -3.41. The molecule has 4 amide bonds. The molecule has 2 aromatic rings. The number of hydrogen-bond donors (Lipinski definition) is 2. The standard InChI is InChI=1S/C19H20N6O5S/c1-11-3-5-19(6-4-11)17(28)25(18(29)23-19)24-13(26)9-30-16(27)12-10-31-15(22-12)14-20-7-2-8-21-14/h2,7-8,10-11H,3-6,9H2,1H3,(H,23,29)(H,24,26). The summed E-state index contributed by atoms with van der Waals surface area (Å²) < 4.78 is 4.95. The van der Waals surface area contributed by atoms with E-state index in [4.69, 9.17) is 4.74 Å². The van der Waals surface area contributed by atoms with Crippen LogP contribution in [0, 0.1) is 5.92 Å². The molecule has 0 aromatic carbocycles. The van der Waals surface area contributed by atoms with Crippen LogP contribution in [0.3, 0.4) is 0 Å². The van der Waals surface area contributed by atoms with Crippen LogP contribution in [0.4, 0.5) is 4.79 Å². The first-order chi connectivity index (χ1) is 14.9. The minimum Gasteiger partial charge on any atom is -0.451 e. The normalized spacial score (nSPS) is 23.0. The van der Waals surface area contributed by atoms with Crippen LogP contribution < -0.4 is 10.7 Å². The first-order valence-corrected chi connectivity index (χ1v) is 10.6. The average Bonchev–Trinajstić information content (AvgIpc) is 3.35. The van der Waals surface area contributed by atoms with Gasteiger partial charge in [0.15, 0.2) is 23.1 Å². The van der Waals surface area contributed by atoms with Gasteiger partial charge in [0.1, 0.15) is 5.54 Å². The topological polar surface area (TPSA) is 143 Å². The van der Waals surface area contributed by atoms with Gasteiger partial charge < -0.3 is 10.1 Å². The molecule has 2 aromatic heterocycles. The highest BCUT2D eigenvalue weighted by molar-refractivity contribution is 7.13. The molecule has 0 radical (unpaired) electrons. The summed E-state index contributed by atoms with van der Waals surface area (Å²) in [7, 11) is 0. The fourth-order valence-corrected chi connectivity index (χ4v) is 4.29. The lowest BCUT2D eigenvalue weighted by Crippen LogP contribution is -2.52. The molecule has 0 bridgehead atoms. The van der Waals surface area contributed by atoms with Crippen LogP contribution in [0.15, 0.2) is 23.8 Å². The van der Waals surface area contributed by atoms with Gasteiger partial charge in [0.05, 0.1) is 0 Å². The van der Waals surface area contributed by atoms with Crippen molar-refractivity contribution >= 4 is 35.2 Å². The third-order valence-corrected chi connectivity index (χ3v) is 6.17. The zero-order valence-corrected chi connectivity index (χ0v) is 17.5. The Balaban J connectivity index is 1.31. The van der Waals surface area contributed by atoms with E-state index in [2.05, 4.69) is 32.6 Å². The number of ether oxygens (including phenoxy) is 1. The van der Waals surface area contributed by atoms with Crippen molar-refractivity contribution in [2.24, 2.45) is 5.92 Å². The van der Waals surface area contributed by atoms with E-state index in [1.54, 1.807) is 18.5 Å². The number of carbonyl (C=O) groups is 4. The quantitative estimate of drug-likeness (QED) is 0.519. The fourth-order valence-electron chi connectivity index (χ4n) is 3.56. The van der Waals surface area contributed by atoms with Gasteiger partial charge in [0.2, 0.25) is 0 Å². The number of aromatic nitrogens is 3. The van der Waals surface area contributed by atoms with Gasteiger partial charge >= 0.3 is 12.0 Å². The van der Waals surface area contributed by atoms with E-state index in [0.29, 0.717) is 34.6 Å². The van der Waals surface area contributed by atoms with Crippen LogP contribution in [0.5, 0.6) is 0 Å². The van der Waals surface area contributed by atoms with Crippen molar-refractivity contribution in [3.05, 3.63) is 29.5 Å². The third-order valence-electron chi connectivity index (χ3n) is 5.33. The number of hydrazine groups is 1. The van der Waals surface area contributed by atoms with E-state index < -0.39 is 36.0 Å². The Bertz CT molecular complexity index is 1020. The molecule has 31 heavy (non-hydrogen) atoms.